The molecule has 0 aromatic carbocycles. The average Bonchev–Trinajstić information content (AvgIpc) is 3.05. The van der Waals surface area contributed by atoms with Crippen molar-refractivity contribution in [3.8, 4) is 0 Å². The Balaban J connectivity index is 2.82. The number of allylic oxidation sites excluding steroid dienone is 1. The number of hydrogen-bond acceptors (Lipinski definition) is 5. The van der Waals surface area contributed by atoms with Crippen molar-refractivity contribution in [2.45, 2.75) is 59.2 Å². The second kappa shape index (κ2) is 30.7. The first-order valence-corrected chi connectivity index (χ1v) is 68.2. The van der Waals surface area contributed by atoms with Crippen molar-refractivity contribution in [2.75, 3.05) is 6.61 Å². The lowest BCUT2D eigenvalue weighted by molar-refractivity contribution is -0.128. The highest BCUT2D eigenvalue weighted by Gasteiger charge is 2.56. The van der Waals surface area contributed by atoms with Crippen molar-refractivity contribution < 1.29 is 23.5 Å². The van der Waals surface area contributed by atoms with Crippen molar-refractivity contribution in [1.29, 1.82) is 0 Å². The maximum Gasteiger partial charge on any atom is 0.201 e. The Morgan fingerprint density at radius 1 is 0.800 bits per heavy atom. The maximum absolute atomic E-state index is 15.3. The molecule has 0 spiro atoms. The van der Waals surface area contributed by atoms with Gasteiger partial charge in [0.1, 0.15) is 0 Å². The quantitative estimate of drug-likeness (QED) is 0.0705. The molecular formula is C20H62O5P30. The van der Waals surface area contributed by atoms with Gasteiger partial charge in [-0.3, -0.25) is 4.79 Å². The van der Waals surface area contributed by atoms with Crippen molar-refractivity contribution in [3.63, 3.8) is 0 Å². The molecule has 2 rings (SSSR count). The van der Waals surface area contributed by atoms with Gasteiger partial charge in [-0.25, -0.2) is 0 Å². The summed E-state index contributed by atoms with van der Waals surface area (Å²) in [6.45, 7) is 9.95. The molecule has 55 heavy (non-hydrogen) atoms. The van der Waals surface area contributed by atoms with Gasteiger partial charge in [0, 0.05) is 45.7 Å². The van der Waals surface area contributed by atoms with E-state index in [1.807, 2.05) is 6.92 Å². The van der Waals surface area contributed by atoms with Gasteiger partial charge in [0.25, 0.3) is 0 Å². The fourth-order valence-electron chi connectivity index (χ4n) is 6.67. The molecule has 1 fully saturated rings. The Bertz CT molecular complexity index is 1250. The Labute approximate surface area is 387 Å². The predicted molar refractivity (Wildman–Crippen MR) is 346 cm³/mol. The number of aliphatic hydroxyl groups excluding tert-OH is 1. The van der Waals surface area contributed by atoms with E-state index in [-0.39, 0.29) is 58.7 Å². The number of rotatable bonds is 21. The number of fused-ring (bicyclic) bond motifs is 2. The molecule has 0 aliphatic heterocycles. The molecule has 2 aliphatic rings. The van der Waals surface area contributed by atoms with Crippen LogP contribution in [0.2, 0.25) is 0 Å². The molecule has 0 amide bonds. The predicted octanol–water partition coefficient (Wildman–Crippen LogP) is 20.3. The summed E-state index contributed by atoms with van der Waals surface area (Å²) in [5, 5.41) is 12.8. The minimum absolute atomic E-state index is 0.0127. The topological polar surface area (TPSA) is 65.0 Å². The van der Waals surface area contributed by atoms with Crippen LogP contribution in [0.1, 0.15) is 47.0 Å². The van der Waals surface area contributed by atoms with Gasteiger partial charge < -0.3 is 18.7 Å². The first kappa shape index (κ1) is 62.8. The third-order valence-electron chi connectivity index (χ3n) is 9.11. The fraction of sp³-hybridized carbons (Fsp3) is 0.750. The highest BCUT2D eigenvalue weighted by Crippen LogP contribution is 3.18. The number of ketones is 1. The normalized spacial score (nSPS) is 27.5. The monoisotopic (exact) mass is 1310 g/mol. The molecule has 35 heteroatoms. The highest BCUT2D eigenvalue weighted by atomic mass is 33.2. The van der Waals surface area contributed by atoms with Gasteiger partial charge in [0.15, 0.2) is 13.3 Å². The zero-order valence-electron chi connectivity index (χ0n) is 31.1. The SMILES string of the molecule is C=C(CCCOP(P(P)P)P(P)P)[C@@H]1[C@H](C)C(=O)C(OP(P(P)P)P(PP)P(P)P)=C2C(C)[C@@H](OP(P(P)P(P)P)P(P(P)P)P(P)P)CC([C@H]1O)C2(C)C. The lowest BCUT2D eigenvalue weighted by Crippen LogP contribution is -2.53. The van der Waals surface area contributed by atoms with Gasteiger partial charge in [0.05, 0.1) is 33.9 Å². The van der Waals surface area contributed by atoms with Crippen LogP contribution in [-0.2, 0) is 18.4 Å². The van der Waals surface area contributed by atoms with Gasteiger partial charge in [-0.2, -0.15) is 0 Å². The number of aliphatic hydroxyl groups is 1. The number of Topliss-reactive ketones (excluding diaryl/α,β-unsaturated/α-hetero) is 1. The molecule has 322 valence electrons. The van der Waals surface area contributed by atoms with E-state index < -0.39 is 80.9 Å². The summed E-state index contributed by atoms with van der Waals surface area (Å²) >= 11 is 0. The molecule has 1 saturated carbocycles. The Morgan fingerprint density at radius 2 is 1.33 bits per heavy atom. The molecule has 2 bridgehead atoms. The molecule has 1 N–H and O–H groups in total. The smallest absolute Gasteiger partial charge is 0.201 e. The highest BCUT2D eigenvalue weighted by molar-refractivity contribution is 9.19. The zero-order chi connectivity index (χ0) is 42.4. The largest absolute Gasteiger partial charge is 0.460 e. The van der Waals surface area contributed by atoms with E-state index in [0.29, 0.717) is 26.7 Å². The number of hydrogen-bond donors (Lipinski definition) is 1. The summed E-state index contributed by atoms with van der Waals surface area (Å²) in [6, 6.07) is 0. The van der Waals surface area contributed by atoms with Crippen molar-refractivity contribution in [2.24, 2.45) is 29.1 Å². The maximum atomic E-state index is 15.3. The molecule has 23 unspecified atom stereocenters. The van der Waals surface area contributed by atoms with Crippen LogP contribution in [0.4, 0.5) is 0 Å². The van der Waals surface area contributed by atoms with E-state index in [0.717, 1.165) is 24.0 Å². The lowest BCUT2D eigenvalue weighted by atomic mass is 9.54. The molecule has 0 aromatic rings. The summed E-state index contributed by atoms with van der Waals surface area (Å²) in [6.07, 6.45) is 1.35. The summed E-state index contributed by atoms with van der Waals surface area (Å²) in [7, 11) is 47.3. The van der Waals surface area contributed by atoms with Crippen LogP contribution in [0, 0.1) is 29.1 Å². The molecule has 5 nitrogen and oxygen atoms in total. The lowest BCUT2D eigenvalue weighted by Gasteiger charge is -2.54. The van der Waals surface area contributed by atoms with E-state index in [9.17, 15) is 5.11 Å². The molecule has 0 saturated heterocycles. The third-order valence-corrected chi connectivity index (χ3v) is 150. The van der Waals surface area contributed by atoms with Crippen LogP contribution < -0.4 is 0 Å². The Hall–Kier alpha value is 11.7. The Morgan fingerprint density at radius 3 is 1.76 bits per heavy atom. The average molecular weight is 1310 g/mol. The van der Waals surface area contributed by atoms with Crippen LogP contribution >= 0.6 is 243 Å². The van der Waals surface area contributed by atoms with Crippen LogP contribution in [-0.4, -0.2) is 29.7 Å². The molecule has 27 atom stereocenters. The summed E-state index contributed by atoms with van der Waals surface area (Å²) in [4.78, 5) is 15.3. The van der Waals surface area contributed by atoms with E-state index >= 15 is 4.79 Å². The van der Waals surface area contributed by atoms with Crippen molar-refractivity contribution >= 4 is 249 Å². The summed E-state index contributed by atoms with van der Waals surface area (Å²) in [5.41, 5.74) is 1.49. The van der Waals surface area contributed by atoms with Crippen LogP contribution in [0.15, 0.2) is 23.5 Å². The first-order chi connectivity index (χ1) is 25.3. The Kier molecular flexibility index (Phi) is 35.1. The van der Waals surface area contributed by atoms with Gasteiger partial charge in [-0.1, -0.05) is 74.6 Å². The molecule has 0 heterocycles. The second-order valence-corrected chi connectivity index (χ2v) is 120. The van der Waals surface area contributed by atoms with E-state index in [1.165, 1.54) is 0 Å². The van der Waals surface area contributed by atoms with Crippen LogP contribution in [0.25, 0.3) is 0 Å². The van der Waals surface area contributed by atoms with Gasteiger partial charge in [0.2, 0.25) is 5.78 Å². The molecular weight excluding hydrogens is 1250 g/mol. The fourth-order valence-corrected chi connectivity index (χ4v) is 201. The second-order valence-electron chi connectivity index (χ2n) is 13.0. The van der Waals surface area contributed by atoms with E-state index in [4.69, 9.17) is 13.6 Å². The summed E-state index contributed by atoms with van der Waals surface area (Å²) in [5.74, 6) is -0.476. The van der Waals surface area contributed by atoms with Crippen molar-refractivity contribution in [1.82, 2.24) is 0 Å². The summed E-state index contributed by atoms with van der Waals surface area (Å²) < 4.78 is 21.4. The van der Waals surface area contributed by atoms with Gasteiger partial charge in [-0.05, 0) is 78.1 Å². The minimum atomic E-state index is -0.932. The van der Waals surface area contributed by atoms with Gasteiger partial charge >= 0.3 is 0 Å². The van der Waals surface area contributed by atoms with E-state index in [2.05, 4.69) is 170 Å². The number of carbonyl (C=O) groups is 1. The van der Waals surface area contributed by atoms with Gasteiger partial charge in [-0.15, -0.1) is 116 Å². The molecule has 0 aromatic heterocycles. The first-order valence-electron chi connectivity index (χ1n) is 16.0. The zero-order valence-corrected chi connectivity index (χ0v) is 62.2. The van der Waals surface area contributed by atoms with Crippen LogP contribution in [0.3, 0.4) is 0 Å². The molecule has 0 radical (unpaired) electrons. The van der Waals surface area contributed by atoms with Crippen LogP contribution in [0.5, 0.6) is 0 Å². The third kappa shape index (κ3) is 18.3. The standard InChI is InChI=1S/C20H62O5P30/c1-10(7-6-8-23-43(46(27)28)47(29)30)15-12(3)17(21)19(25-44(48(31)32)54(42-26)50(35)36)16-11(2)14(9-13(18(15)22)20(16,4)5)24-45(53(41)49(33)34)55(51(37)38)52(39)40/h11-15,18,22,42H,1,6-9,26-41H2,2-5H3/t11?,12-,13?,14-,15+,18+,44?,45?,53?,54?/m0/s1. The minimum Gasteiger partial charge on any atom is -0.460 e. The molecule has 2 aliphatic carbocycles. The van der Waals surface area contributed by atoms with Crippen molar-refractivity contribution in [3.05, 3.63) is 23.5 Å². The van der Waals surface area contributed by atoms with E-state index in [1.54, 1.807) is 0 Å². The number of carbonyl (C=O) groups excluding carboxylic acids is 1.